The molecule has 104 valence electrons. The van der Waals surface area contributed by atoms with Gasteiger partial charge in [-0.15, -0.1) is 0 Å². The van der Waals surface area contributed by atoms with Crippen molar-refractivity contribution >= 4 is 6.03 Å². The van der Waals surface area contributed by atoms with Crippen LogP contribution in [0.1, 0.15) is 64.2 Å². The Morgan fingerprint density at radius 2 is 1.28 bits per heavy atom. The van der Waals surface area contributed by atoms with E-state index in [9.17, 15) is 4.79 Å². The SMILES string of the molecule is CN(C(N)=O)N(C1CCCCC1)C1CCCCC1. The van der Waals surface area contributed by atoms with Crippen LogP contribution in [0.4, 0.5) is 4.79 Å². The average molecular weight is 253 g/mol. The molecule has 0 atom stereocenters. The summed E-state index contributed by atoms with van der Waals surface area (Å²) in [6.07, 6.45) is 12.7. The van der Waals surface area contributed by atoms with Crippen LogP contribution >= 0.6 is 0 Å². The maximum Gasteiger partial charge on any atom is 0.329 e. The van der Waals surface area contributed by atoms with Crippen LogP contribution < -0.4 is 5.73 Å². The van der Waals surface area contributed by atoms with E-state index in [4.69, 9.17) is 5.73 Å². The van der Waals surface area contributed by atoms with Gasteiger partial charge in [-0.1, -0.05) is 38.5 Å². The van der Waals surface area contributed by atoms with E-state index in [-0.39, 0.29) is 6.03 Å². The highest BCUT2D eigenvalue weighted by atomic mass is 16.2. The van der Waals surface area contributed by atoms with Crippen LogP contribution in [0.3, 0.4) is 0 Å². The highest BCUT2D eigenvalue weighted by Gasteiger charge is 2.32. The summed E-state index contributed by atoms with van der Waals surface area (Å²) < 4.78 is 0. The summed E-state index contributed by atoms with van der Waals surface area (Å²) in [6.45, 7) is 0. The molecule has 0 aromatic heterocycles. The molecule has 0 aromatic rings. The molecule has 18 heavy (non-hydrogen) atoms. The molecule has 2 N–H and O–H groups in total. The second-order valence-electron chi connectivity index (χ2n) is 5.83. The van der Waals surface area contributed by atoms with Crippen LogP contribution in [0.5, 0.6) is 0 Å². The summed E-state index contributed by atoms with van der Waals surface area (Å²) in [5.74, 6) is 0. The quantitative estimate of drug-likeness (QED) is 0.786. The van der Waals surface area contributed by atoms with Gasteiger partial charge in [0.05, 0.1) is 0 Å². The number of carbonyl (C=O) groups is 1. The summed E-state index contributed by atoms with van der Waals surface area (Å²) in [4.78, 5) is 11.5. The molecular formula is C14H27N3O. The molecule has 2 rings (SSSR count). The number of hydrogen-bond acceptors (Lipinski definition) is 2. The topological polar surface area (TPSA) is 49.6 Å². The maximum atomic E-state index is 11.5. The fourth-order valence-corrected chi connectivity index (χ4v) is 3.59. The molecular weight excluding hydrogens is 226 g/mol. The van der Waals surface area contributed by atoms with Crippen LogP contribution in [0.25, 0.3) is 0 Å². The van der Waals surface area contributed by atoms with Gasteiger partial charge in [0.25, 0.3) is 0 Å². The average Bonchev–Trinajstić information content (AvgIpc) is 2.41. The largest absolute Gasteiger partial charge is 0.350 e. The molecule has 0 radical (unpaired) electrons. The Bertz CT molecular complexity index is 252. The maximum absolute atomic E-state index is 11.5. The van der Waals surface area contributed by atoms with Gasteiger partial charge < -0.3 is 5.73 Å². The first-order valence-electron chi connectivity index (χ1n) is 7.51. The van der Waals surface area contributed by atoms with E-state index in [0.29, 0.717) is 12.1 Å². The summed E-state index contributed by atoms with van der Waals surface area (Å²) in [5.41, 5.74) is 5.50. The van der Waals surface area contributed by atoms with Gasteiger partial charge >= 0.3 is 6.03 Å². The molecule has 2 aliphatic rings. The van der Waals surface area contributed by atoms with Gasteiger partial charge in [0, 0.05) is 19.1 Å². The zero-order valence-electron chi connectivity index (χ0n) is 11.6. The first-order chi connectivity index (χ1) is 8.70. The van der Waals surface area contributed by atoms with E-state index in [1.54, 1.807) is 5.01 Å². The fourth-order valence-electron chi connectivity index (χ4n) is 3.59. The van der Waals surface area contributed by atoms with Crippen LogP contribution in [0.2, 0.25) is 0 Å². The Kier molecular flexibility index (Phi) is 4.87. The lowest BCUT2D eigenvalue weighted by Gasteiger charge is -2.45. The van der Waals surface area contributed by atoms with E-state index >= 15 is 0 Å². The Balaban J connectivity index is 2.07. The molecule has 0 bridgehead atoms. The van der Waals surface area contributed by atoms with Crippen molar-refractivity contribution in [2.75, 3.05) is 7.05 Å². The van der Waals surface area contributed by atoms with Crippen LogP contribution in [-0.4, -0.2) is 35.2 Å². The molecule has 2 aliphatic carbocycles. The third kappa shape index (κ3) is 3.16. The Morgan fingerprint density at radius 1 is 0.889 bits per heavy atom. The molecule has 4 heteroatoms. The van der Waals surface area contributed by atoms with E-state index in [1.165, 1.54) is 64.2 Å². The first kappa shape index (κ1) is 13.7. The lowest BCUT2D eigenvalue weighted by atomic mass is 9.90. The number of nitrogens with two attached hydrogens (primary N) is 1. The molecule has 2 fully saturated rings. The highest BCUT2D eigenvalue weighted by molar-refractivity contribution is 5.71. The van der Waals surface area contributed by atoms with Crippen molar-refractivity contribution in [3.05, 3.63) is 0 Å². The van der Waals surface area contributed by atoms with Crippen molar-refractivity contribution < 1.29 is 4.79 Å². The van der Waals surface area contributed by atoms with E-state index in [0.717, 1.165) is 0 Å². The molecule has 0 heterocycles. The Labute approximate surface area is 110 Å². The number of amides is 2. The summed E-state index contributed by atoms with van der Waals surface area (Å²) in [6, 6.07) is 0.741. The van der Waals surface area contributed by atoms with Crippen molar-refractivity contribution in [1.82, 2.24) is 10.0 Å². The van der Waals surface area contributed by atoms with Gasteiger partial charge in [0.15, 0.2) is 0 Å². The number of nitrogens with zero attached hydrogens (tertiary/aromatic N) is 2. The minimum absolute atomic E-state index is 0.314. The fraction of sp³-hybridized carbons (Fsp3) is 0.929. The van der Waals surface area contributed by atoms with Crippen LogP contribution in [0, 0.1) is 0 Å². The van der Waals surface area contributed by atoms with Crippen LogP contribution in [-0.2, 0) is 0 Å². The summed E-state index contributed by atoms with van der Waals surface area (Å²) in [5, 5.41) is 4.01. The van der Waals surface area contributed by atoms with Crippen molar-refractivity contribution in [3.8, 4) is 0 Å². The van der Waals surface area contributed by atoms with Gasteiger partial charge in [-0.3, -0.25) is 5.01 Å². The molecule has 2 amide bonds. The molecule has 0 aromatic carbocycles. The third-order valence-electron chi connectivity index (χ3n) is 4.56. The van der Waals surface area contributed by atoms with Crippen molar-refractivity contribution in [1.29, 1.82) is 0 Å². The minimum Gasteiger partial charge on any atom is -0.350 e. The normalized spacial score (nSPS) is 23.2. The van der Waals surface area contributed by atoms with E-state index in [1.807, 2.05) is 7.05 Å². The number of rotatable bonds is 3. The number of hydrogen-bond donors (Lipinski definition) is 1. The standard InChI is InChI=1S/C14H27N3O/c1-16(14(15)18)17(12-8-4-2-5-9-12)13-10-6-3-7-11-13/h12-13H,2-11H2,1H3,(H2,15,18). The number of carbonyl (C=O) groups excluding carboxylic acids is 1. The third-order valence-corrected chi connectivity index (χ3v) is 4.56. The summed E-state index contributed by atoms with van der Waals surface area (Å²) in [7, 11) is 1.84. The first-order valence-corrected chi connectivity index (χ1v) is 7.51. The number of urea groups is 1. The van der Waals surface area contributed by atoms with Gasteiger partial charge in [-0.25, -0.2) is 9.80 Å². The molecule has 0 unspecified atom stereocenters. The molecule has 0 saturated heterocycles. The van der Waals surface area contributed by atoms with Gasteiger partial charge in [0.1, 0.15) is 0 Å². The van der Waals surface area contributed by atoms with Gasteiger partial charge in [-0.05, 0) is 25.7 Å². The second kappa shape index (κ2) is 6.41. The number of primary amides is 1. The Morgan fingerprint density at radius 3 is 1.61 bits per heavy atom. The van der Waals surface area contributed by atoms with E-state index < -0.39 is 0 Å². The lowest BCUT2D eigenvalue weighted by molar-refractivity contribution is -0.0625. The van der Waals surface area contributed by atoms with Gasteiger partial charge in [-0.2, -0.15) is 0 Å². The predicted octanol–water partition coefficient (Wildman–Crippen LogP) is 2.88. The van der Waals surface area contributed by atoms with Crippen molar-refractivity contribution in [2.45, 2.75) is 76.3 Å². The van der Waals surface area contributed by atoms with Crippen molar-refractivity contribution in [3.63, 3.8) is 0 Å². The lowest BCUT2D eigenvalue weighted by Crippen LogP contribution is -2.56. The zero-order chi connectivity index (χ0) is 13.0. The monoisotopic (exact) mass is 253 g/mol. The van der Waals surface area contributed by atoms with E-state index in [2.05, 4.69) is 5.01 Å². The minimum atomic E-state index is -0.314. The van der Waals surface area contributed by atoms with Gasteiger partial charge in [0.2, 0.25) is 0 Å². The number of hydrazine groups is 1. The molecule has 2 saturated carbocycles. The highest BCUT2D eigenvalue weighted by Crippen LogP contribution is 2.30. The van der Waals surface area contributed by atoms with Crippen LogP contribution in [0.15, 0.2) is 0 Å². The zero-order valence-corrected chi connectivity index (χ0v) is 11.6. The van der Waals surface area contributed by atoms with Crippen molar-refractivity contribution in [2.24, 2.45) is 5.73 Å². The molecule has 4 nitrogen and oxygen atoms in total. The predicted molar refractivity (Wildman–Crippen MR) is 72.9 cm³/mol. The smallest absolute Gasteiger partial charge is 0.329 e. The Hall–Kier alpha value is -0.770. The summed E-state index contributed by atoms with van der Waals surface area (Å²) >= 11 is 0. The second-order valence-corrected chi connectivity index (χ2v) is 5.83. The molecule has 0 spiro atoms. The molecule has 0 aliphatic heterocycles.